The topological polar surface area (TPSA) is 135 Å². The molecule has 28 heavy (non-hydrogen) atoms. The number of hydrogen-bond donors (Lipinski definition) is 1. The number of nitro groups is 1. The Balaban J connectivity index is 1.80. The van der Waals surface area contributed by atoms with Crippen molar-refractivity contribution in [3.05, 3.63) is 34.2 Å². The van der Waals surface area contributed by atoms with Gasteiger partial charge >= 0.3 is 0 Å². The van der Waals surface area contributed by atoms with E-state index in [9.17, 15) is 18.5 Å². The molecule has 0 amide bonds. The maximum atomic E-state index is 13.0. The second-order valence-corrected chi connectivity index (χ2v) is 8.51. The van der Waals surface area contributed by atoms with E-state index in [0.29, 0.717) is 43.6 Å². The molecule has 11 nitrogen and oxygen atoms in total. The molecule has 1 N–H and O–H groups in total. The van der Waals surface area contributed by atoms with Gasteiger partial charge in [-0.05, 0) is 24.1 Å². The van der Waals surface area contributed by atoms with Crippen LogP contribution in [-0.4, -0.2) is 61.5 Å². The fourth-order valence-electron chi connectivity index (χ4n) is 2.88. The number of hydrogen-bond acceptors (Lipinski definition) is 9. The van der Waals surface area contributed by atoms with Crippen molar-refractivity contribution in [2.45, 2.75) is 24.2 Å². The van der Waals surface area contributed by atoms with Gasteiger partial charge < -0.3 is 14.7 Å². The molecule has 0 unspecified atom stereocenters. The second kappa shape index (κ2) is 8.10. The Hall–Kier alpha value is -2.73. The van der Waals surface area contributed by atoms with Crippen molar-refractivity contribution in [2.75, 3.05) is 43.9 Å². The number of nitro benzene ring substituents is 1. The van der Waals surface area contributed by atoms with Crippen molar-refractivity contribution >= 4 is 27.3 Å². The van der Waals surface area contributed by atoms with Crippen LogP contribution in [0.3, 0.4) is 0 Å². The van der Waals surface area contributed by atoms with Crippen LogP contribution in [0.2, 0.25) is 0 Å². The molecule has 1 aromatic heterocycles. The molecule has 0 bridgehead atoms. The lowest BCUT2D eigenvalue weighted by Crippen LogP contribution is -2.28. The molecule has 0 spiro atoms. The number of nitrogens with one attached hydrogen (secondary N) is 1. The first-order chi connectivity index (χ1) is 13.3. The molecule has 2 aromatic rings. The summed E-state index contributed by atoms with van der Waals surface area (Å²) in [6, 6.07) is 3.80. The molecule has 0 saturated carbocycles. The van der Waals surface area contributed by atoms with Gasteiger partial charge in [-0.3, -0.25) is 10.1 Å². The Labute approximate surface area is 162 Å². The summed E-state index contributed by atoms with van der Waals surface area (Å²) in [5, 5.41) is 18.0. The zero-order valence-electron chi connectivity index (χ0n) is 15.7. The highest BCUT2D eigenvalue weighted by atomic mass is 32.2. The summed E-state index contributed by atoms with van der Waals surface area (Å²) in [4.78, 5) is 16.3. The van der Waals surface area contributed by atoms with Crippen molar-refractivity contribution in [3.63, 3.8) is 0 Å². The lowest BCUT2D eigenvalue weighted by atomic mass is 10.2. The van der Waals surface area contributed by atoms with Crippen LogP contribution >= 0.6 is 0 Å². The molecule has 152 valence electrons. The molecular formula is C16H22N6O5S. The fourth-order valence-corrected chi connectivity index (χ4v) is 4.59. The third kappa shape index (κ3) is 4.22. The number of nitrogens with zero attached hydrogens (tertiary/aromatic N) is 5. The largest absolute Gasteiger partial charge is 0.383 e. The van der Waals surface area contributed by atoms with E-state index >= 15 is 0 Å². The van der Waals surface area contributed by atoms with E-state index in [1.54, 1.807) is 19.0 Å². The lowest BCUT2D eigenvalue weighted by molar-refractivity contribution is -0.385. The second-order valence-electron chi connectivity index (χ2n) is 6.61. The van der Waals surface area contributed by atoms with Gasteiger partial charge in [0, 0.05) is 52.3 Å². The van der Waals surface area contributed by atoms with E-state index in [-0.39, 0.29) is 10.6 Å². The van der Waals surface area contributed by atoms with E-state index in [0.717, 1.165) is 18.9 Å². The summed E-state index contributed by atoms with van der Waals surface area (Å²) in [7, 11) is -0.237. The Morgan fingerprint density at radius 2 is 2.04 bits per heavy atom. The average molecular weight is 410 g/mol. The fraction of sp³-hybridized carbons (Fsp3) is 0.500. The molecule has 1 fully saturated rings. The van der Waals surface area contributed by atoms with Gasteiger partial charge in [-0.2, -0.15) is 9.29 Å². The average Bonchev–Trinajstić information content (AvgIpc) is 3.34. The highest BCUT2D eigenvalue weighted by Crippen LogP contribution is 2.30. The Morgan fingerprint density at radius 3 is 2.64 bits per heavy atom. The first kappa shape index (κ1) is 20.0. The van der Waals surface area contributed by atoms with E-state index in [1.807, 2.05) is 0 Å². The van der Waals surface area contributed by atoms with Gasteiger partial charge in [-0.1, -0.05) is 0 Å². The standard InChI is InChI=1S/C16H22N6O5S/c1-20(2)16-18-15(27-19-16)7-8-17-13-6-5-12(22(23)24)11-14(13)28(25,26)21-9-3-4-10-21/h5-6,11,17H,3-4,7-10H2,1-2H3. The predicted octanol–water partition coefficient (Wildman–Crippen LogP) is 1.48. The highest BCUT2D eigenvalue weighted by molar-refractivity contribution is 7.89. The maximum absolute atomic E-state index is 13.0. The van der Waals surface area contributed by atoms with Crippen LogP contribution in [0.4, 0.5) is 17.3 Å². The Morgan fingerprint density at radius 1 is 1.32 bits per heavy atom. The SMILES string of the molecule is CN(C)c1noc(CCNc2ccc([N+](=O)[O-])cc2S(=O)(=O)N2CCCC2)n1. The summed E-state index contributed by atoms with van der Waals surface area (Å²) in [5.74, 6) is 0.852. The minimum Gasteiger partial charge on any atom is -0.383 e. The third-order valence-corrected chi connectivity index (χ3v) is 6.31. The van der Waals surface area contributed by atoms with Gasteiger partial charge in [0.05, 0.1) is 10.6 Å². The predicted molar refractivity (Wildman–Crippen MR) is 102 cm³/mol. The van der Waals surface area contributed by atoms with E-state index in [2.05, 4.69) is 15.5 Å². The van der Waals surface area contributed by atoms with Crippen molar-refractivity contribution < 1.29 is 17.9 Å². The van der Waals surface area contributed by atoms with Crippen LogP contribution in [0.1, 0.15) is 18.7 Å². The number of anilines is 2. The van der Waals surface area contributed by atoms with Crippen molar-refractivity contribution in [3.8, 4) is 0 Å². The summed E-state index contributed by atoms with van der Waals surface area (Å²) < 4.78 is 32.4. The van der Waals surface area contributed by atoms with Crippen molar-refractivity contribution in [1.29, 1.82) is 0 Å². The quantitative estimate of drug-likeness (QED) is 0.507. The number of non-ortho nitro benzene ring substituents is 1. The number of rotatable bonds is 8. The van der Waals surface area contributed by atoms with Gasteiger partial charge in [0.15, 0.2) is 0 Å². The van der Waals surface area contributed by atoms with Crippen molar-refractivity contribution in [2.24, 2.45) is 0 Å². The number of benzene rings is 1. The first-order valence-electron chi connectivity index (χ1n) is 8.81. The van der Waals surface area contributed by atoms with Crippen LogP contribution in [0, 0.1) is 10.1 Å². The van der Waals surface area contributed by atoms with Gasteiger partial charge in [-0.15, -0.1) is 0 Å². The van der Waals surface area contributed by atoms with Gasteiger partial charge in [0.25, 0.3) is 11.6 Å². The summed E-state index contributed by atoms with van der Waals surface area (Å²) in [6.45, 7) is 1.16. The molecule has 0 radical (unpaired) electrons. The minimum absolute atomic E-state index is 0.0943. The third-order valence-electron chi connectivity index (χ3n) is 4.37. The molecule has 1 saturated heterocycles. The molecular weight excluding hydrogens is 388 g/mol. The zero-order chi connectivity index (χ0) is 20.3. The van der Waals surface area contributed by atoms with E-state index in [1.165, 1.54) is 16.4 Å². The van der Waals surface area contributed by atoms with E-state index in [4.69, 9.17) is 4.52 Å². The van der Waals surface area contributed by atoms with Crippen LogP contribution < -0.4 is 10.2 Å². The summed E-state index contributed by atoms with van der Waals surface area (Å²) >= 11 is 0. The van der Waals surface area contributed by atoms with Crippen molar-refractivity contribution in [1.82, 2.24) is 14.4 Å². The normalized spacial score (nSPS) is 14.9. The van der Waals surface area contributed by atoms with Crippen LogP contribution in [0.15, 0.2) is 27.6 Å². The molecule has 0 atom stereocenters. The first-order valence-corrected chi connectivity index (χ1v) is 10.3. The molecule has 1 aliphatic heterocycles. The van der Waals surface area contributed by atoms with Gasteiger partial charge in [-0.25, -0.2) is 8.42 Å². The summed E-state index contributed by atoms with van der Waals surface area (Å²) in [6.07, 6.45) is 1.94. The Bertz CT molecular complexity index is 952. The molecule has 12 heteroatoms. The lowest BCUT2D eigenvalue weighted by Gasteiger charge is -2.18. The van der Waals surface area contributed by atoms with Gasteiger partial charge in [0.2, 0.25) is 15.9 Å². The van der Waals surface area contributed by atoms with Crippen LogP contribution in [-0.2, 0) is 16.4 Å². The monoisotopic (exact) mass is 410 g/mol. The minimum atomic E-state index is -3.82. The molecule has 1 aromatic carbocycles. The molecule has 0 aliphatic carbocycles. The molecule has 1 aliphatic rings. The Kier molecular flexibility index (Phi) is 5.79. The number of sulfonamides is 1. The van der Waals surface area contributed by atoms with Gasteiger partial charge in [0.1, 0.15) is 4.90 Å². The smallest absolute Gasteiger partial charge is 0.270 e. The maximum Gasteiger partial charge on any atom is 0.270 e. The summed E-state index contributed by atoms with van der Waals surface area (Å²) in [5.41, 5.74) is 0.0423. The molecule has 2 heterocycles. The van der Waals surface area contributed by atoms with Crippen LogP contribution in [0.25, 0.3) is 0 Å². The van der Waals surface area contributed by atoms with Crippen LogP contribution in [0.5, 0.6) is 0 Å². The zero-order valence-corrected chi connectivity index (χ0v) is 16.5. The number of aromatic nitrogens is 2. The molecule has 3 rings (SSSR count). The van der Waals surface area contributed by atoms with E-state index < -0.39 is 14.9 Å². The highest BCUT2D eigenvalue weighted by Gasteiger charge is 2.31.